The Bertz CT molecular complexity index is 476. The molecule has 0 bridgehead atoms. The lowest BCUT2D eigenvalue weighted by atomic mass is 10.2. The van der Waals surface area contributed by atoms with Crippen LogP contribution in [0, 0.1) is 6.92 Å². The summed E-state index contributed by atoms with van der Waals surface area (Å²) in [5.41, 5.74) is 0.887. The minimum atomic E-state index is -0.822. The number of unbranched alkanes of at least 4 members (excludes halogenated alkanes) is 1. The number of hydrogen-bond donors (Lipinski definition) is 2. The van der Waals surface area contributed by atoms with Crippen LogP contribution in [0.15, 0.2) is 18.2 Å². The highest BCUT2D eigenvalue weighted by Crippen LogP contribution is 2.20. The van der Waals surface area contributed by atoms with Crippen LogP contribution in [0.2, 0.25) is 5.02 Å². The molecule has 0 aliphatic heterocycles. The number of ether oxygens (including phenoxy) is 1. The van der Waals surface area contributed by atoms with Crippen LogP contribution in [0.3, 0.4) is 0 Å². The Hall–Kier alpha value is -1.75. The van der Waals surface area contributed by atoms with Gasteiger partial charge in [0.15, 0.2) is 6.61 Å². The van der Waals surface area contributed by atoms with Gasteiger partial charge in [0.05, 0.1) is 0 Å². The number of benzene rings is 1. The molecule has 2 N–H and O–H groups in total. The molecule has 5 nitrogen and oxygen atoms in total. The second kappa shape index (κ2) is 8.43. The number of halogens is 1. The average Bonchev–Trinajstić information content (AvgIpc) is 2.39. The van der Waals surface area contributed by atoms with Gasteiger partial charge in [0.25, 0.3) is 5.91 Å². The molecule has 110 valence electrons. The van der Waals surface area contributed by atoms with Crippen LogP contribution in [0.25, 0.3) is 0 Å². The number of carboxylic acids is 1. The largest absolute Gasteiger partial charge is 0.484 e. The third kappa shape index (κ3) is 6.43. The number of carboxylic acid groups (broad SMARTS) is 1. The Labute approximate surface area is 122 Å². The van der Waals surface area contributed by atoms with Gasteiger partial charge in [-0.1, -0.05) is 11.6 Å². The van der Waals surface area contributed by atoms with Gasteiger partial charge in [-0.15, -0.1) is 0 Å². The van der Waals surface area contributed by atoms with Crippen LogP contribution in [-0.4, -0.2) is 30.1 Å². The minimum Gasteiger partial charge on any atom is -0.484 e. The van der Waals surface area contributed by atoms with Crippen LogP contribution < -0.4 is 10.1 Å². The van der Waals surface area contributed by atoms with Crippen molar-refractivity contribution in [3.63, 3.8) is 0 Å². The van der Waals surface area contributed by atoms with Crippen LogP contribution >= 0.6 is 11.6 Å². The summed E-state index contributed by atoms with van der Waals surface area (Å²) in [5.74, 6) is -0.460. The van der Waals surface area contributed by atoms with E-state index >= 15 is 0 Å². The van der Waals surface area contributed by atoms with E-state index in [9.17, 15) is 9.59 Å². The highest BCUT2D eigenvalue weighted by atomic mass is 35.5. The maximum atomic E-state index is 11.5. The summed E-state index contributed by atoms with van der Waals surface area (Å²) in [7, 11) is 0. The number of carbonyl (C=O) groups excluding carboxylic acids is 1. The molecule has 0 radical (unpaired) electrons. The molecule has 0 saturated carbocycles. The zero-order valence-electron chi connectivity index (χ0n) is 11.3. The Balaban J connectivity index is 2.19. The number of rotatable bonds is 8. The van der Waals surface area contributed by atoms with Gasteiger partial charge in [-0.2, -0.15) is 0 Å². The molecule has 0 spiro atoms. The molecule has 1 aromatic rings. The Kier molecular flexibility index (Phi) is 6.87. The summed E-state index contributed by atoms with van der Waals surface area (Å²) in [5, 5.41) is 11.8. The molecule has 0 aliphatic carbocycles. The summed E-state index contributed by atoms with van der Waals surface area (Å²) in [6.45, 7) is 2.24. The van der Waals surface area contributed by atoms with Gasteiger partial charge in [0.1, 0.15) is 5.75 Å². The normalized spacial score (nSPS) is 10.1. The van der Waals surface area contributed by atoms with E-state index in [4.69, 9.17) is 21.4 Å². The lowest BCUT2D eigenvalue weighted by Gasteiger charge is -2.08. The lowest BCUT2D eigenvalue weighted by molar-refractivity contribution is -0.137. The van der Waals surface area contributed by atoms with Crippen molar-refractivity contribution in [2.75, 3.05) is 13.2 Å². The van der Waals surface area contributed by atoms with Crippen molar-refractivity contribution in [1.29, 1.82) is 0 Å². The summed E-state index contributed by atoms with van der Waals surface area (Å²) in [4.78, 5) is 21.8. The molecular formula is C14H18ClNO4. The number of aryl methyl sites for hydroxylation is 1. The minimum absolute atomic E-state index is 0.0694. The topological polar surface area (TPSA) is 75.6 Å². The van der Waals surface area contributed by atoms with E-state index in [2.05, 4.69) is 5.32 Å². The Morgan fingerprint density at radius 1 is 1.35 bits per heavy atom. The zero-order valence-corrected chi connectivity index (χ0v) is 12.1. The molecule has 0 atom stereocenters. The van der Waals surface area contributed by atoms with E-state index in [-0.39, 0.29) is 18.9 Å². The average molecular weight is 300 g/mol. The molecule has 6 heteroatoms. The number of aliphatic carboxylic acids is 1. The number of amides is 1. The predicted molar refractivity (Wildman–Crippen MR) is 76.2 cm³/mol. The molecule has 20 heavy (non-hydrogen) atoms. The first-order chi connectivity index (χ1) is 9.49. The lowest BCUT2D eigenvalue weighted by Crippen LogP contribution is -2.29. The maximum absolute atomic E-state index is 11.5. The zero-order chi connectivity index (χ0) is 15.0. The van der Waals surface area contributed by atoms with Gasteiger partial charge in [-0.25, -0.2) is 0 Å². The molecule has 0 heterocycles. The van der Waals surface area contributed by atoms with Gasteiger partial charge < -0.3 is 15.2 Å². The second-order valence-electron chi connectivity index (χ2n) is 4.40. The molecule has 0 fully saturated rings. The number of hydrogen-bond acceptors (Lipinski definition) is 3. The first-order valence-corrected chi connectivity index (χ1v) is 6.74. The fraction of sp³-hybridized carbons (Fsp3) is 0.429. The second-order valence-corrected chi connectivity index (χ2v) is 4.81. The molecular weight excluding hydrogens is 282 g/mol. The Morgan fingerprint density at radius 3 is 2.75 bits per heavy atom. The fourth-order valence-corrected chi connectivity index (χ4v) is 1.65. The molecule has 1 aromatic carbocycles. The van der Waals surface area contributed by atoms with Crippen molar-refractivity contribution in [3.05, 3.63) is 28.8 Å². The standard InChI is InChI=1S/C14H18ClNO4/c1-10-8-11(5-6-12(10)15)20-9-13(17)16-7-3-2-4-14(18)19/h5-6,8H,2-4,7,9H2,1H3,(H,16,17)(H,18,19). The Morgan fingerprint density at radius 2 is 2.10 bits per heavy atom. The molecule has 0 saturated heterocycles. The monoisotopic (exact) mass is 299 g/mol. The SMILES string of the molecule is Cc1cc(OCC(=O)NCCCCC(=O)O)ccc1Cl. The van der Waals surface area contributed by atoms with Crippen molar-refractivity contribution in [3.8, 4) is 5.75 Å². The van der Waals surface area contributed by atoms with Crippen LogP contribution in [0.5, 0.6) is 5.75 Å². The number of nitrogens with one attached hydrogen (secondary N) is 1. The van der Waals surface area contributed by atoms with Gasteiger partial charge >= 0.3 is 5.97 Å². The maximum Gasteiger partial charge on any atom is 0.303 e. The first kappa shape index (κ1) is 16.3. The summed E-state index contributed by atoms with van der Waals surface area (Å²) >= 11 is 5.89. The quantitative estimate of drug-likeness (QED) is 0.723. The van der Waals surface area contributed by atoms with E-state index in [0.29, 0.717) is 30.2 Å². The van der Waals surface area contributed by atoms with Gasteiger partial charge in [0.2, 0.25) is 0 Å². The number of carbonyl (C=O) groups is 2. The van der Waals surface area contributed by atoms with E-state index in [1.165, 1.54) is 0 Å². The van der Waals surface area contributed by atoms with Crippen LogP contribution in [-0.2, 0) is 9.59 Å². The third-order valence-corrected chi connectivity index (χ3v) is 3.06. The molecule has 1 rings (SSSR count). The smallest absolute Gasteiger partial charge is 0.303 e. The van der Waals surface area contributed by atoms with Gasteiger partial charge in [-0.3, -0.25) is 9.59 Å². The van der Waals surface area contributed by atoms with E-state index in [1.807, 2.05) is 6.92 Å². The molecule has 0 aromatic heterocycles. The molecule has 0 aliphatic rings. The molecule has 0 unspecified atom stereocenters. The predicted octanol–water partition coefficient (Wildman–Crippen LogP) is 2.40. The van der Waals surface area contributed by atoms with E-state index < -0.39 is 5.97 Å². The van der Waals surface area contributed by atoms with Crippen molar-refractivity contribution in [2.45, 2.75) is 26.2 Å². The third-order valence-electron chi connectivity index (χ3n) is 2.64. The summed E-state index contributed by atoms with van der Waals surface area (Å²) in [6, 6.07) is 5.19. The van der Waals surface area contributed by atoms with E-state index in [0.717, 1.165) is 5.56 Å². The van der Waals surface area contributed by atoms with Crippen molar-refractivity contribution in [1.82, 2.24) is 5.32 Å². The highest BCUT2D eigenvalue weighted by Gasteiger charge is 2.04. The highest BCUT2D eigenvalue weighted by molar-refractivity contribution is 6.31. The van der Waals surface area contributed by atoms with Crippen molar-refractivity contribution in [2.24, 2.45) is 0 Å². The first-order valence-electron chi connectivity index (χ1n) is 6.36. The van der Waals surface area contributed by atoms with E-state index in [1.54, 1.807) is 18.2 Å². The van der Waals surface area contributed by atoms with Crippen molar-refractivity contribution >= 4 is 23.5 Å². The summed E-state index contributed by atoms with van der Waals surface area (Å²) in [6.07, 6.45) is 1.31. The van der Waals surface area contributed by atoms with Crippen molar-refractivity contribution < 1.29 is 19.4 Å². The van der Waals surface area contributed by atoms with Gasteiger partial charge in [0, 0.05) is 18.0 Å². The van der Waals surface area contributed by atoms with Crippen LogP contribution in [0.4, 0.5) is 0 Å². The van der Waals surface area contributed by atoms with Crippen LogP contribution in [0.1, 0.15) is 24.8 Å². The van der Waals surface area contributed by atoms with Gasteiger partial charge in [-0.05, 0) is 43.5 Å². The fourth-order valence-electron chi connectivity index (χ4n) is 1.54. The molecule has 1 amide bonds. The summed E-state index contributed by atoms with van der Waals surface area (Å²) < 4.78 is 5.33.